The Labute approximate surface area is 105 Å². The number of nitro groups is 1. The lowest BCUT2D eigenvalue weighted by atomic mass is 10.1. The maximum atomic E-state index is 10.3. The van der Waals surface area contributed by atoms with E-state index in [4.69, 9.17) is 4.42 Å². The third-order valence-corrected chi connectivity index (χ3v) is 2.85. The van der Waals surface area contributed by atoms with E-state index in [0.717, 1.165) is 24.2 Å². The van der Waals surface area contributed by atoms with Gasteiger partial charge in [-0.15, -0.1) is 0 Å². The SMILES string of the molecule is O=[N+]([O-])CCc1ccc(CCc2ccco2)cc1. The Morgan fingerprint density at radius 1 is 1.00 bits per heavy atom. The molecule has 0 bridgehead atoms. The molecule has 94 valence electrons. The highest BCUT2D eigenvalue weighted by Crippen LogP contribution is 2.10. The van der Waals surface area contributed by atoms with Crippen LogP contribution < -0.4 is 0 Å². The molecule has 1 aromatic carbocycles. The van der Waals surface area contributed by atoms with Crippen molar-refractivity contribution in [1.82, 2.24) is 0 Å². The Morgan fingerprint density at radius 3 is 2.22 bits per heavy atom. The second-order valence-electron chi connectivity index (χ2n) is 4.20. The van der Waals surface area contributed by atoms with Crippen molar-refractivity contribution in [2.75, 3.05) is 6.54 Å². The Balaban J connectivity index is 1.85. The first-order valence-corrected chi connectivity index (χ1v) is 5.96. The lowest BCUT2D eigenvalue weighted by molar-refractivity contribution is -0.479. The highest BCUT2D eigenvalue weighted by atomic mass is 16.6. The molecular formula is C14H15NO3. The molecule has 4 heteroatoms. The molecule has 0 unspecified atom stereocenters. The van der Waals surface area contributed by atoms with E-state index in [1.165, 1.54) is 5.56 Å². The smallest absolute Gasteiger partial charge is 0.207 e. The van der Waals surface area contributed by atoms with Crippen molar-refractivity contribution >= 4 is 0 Å². The molecule has 0 aliphatic rings. The van der Waals surface area contributed by atoms with Crippen LogP contribution in [0.3, 0.4) is 0 Å². The lowest BCUT2D eigenvalue weighted by Crippen LogP contribution is -2.03. The molecule has 0 aliphatic heterocycles. The van der Waals surface area contributed by atoms with E-state index < -0.39 is 0 Å². The van der Waals surface area contributed by atoms with Crippen molar-refractivity contribution in [3.05, 3.63) is 69.7 Å². The number of hydrogen-bond donors (Lipinski definition) is 0. The topological polar surface area (TPSA) is 56.3 Å². The van der Waals surface area contributed by atoms with Gasteiger partial charge >= 0.3 is 0 Å². The standard InChI is InChI=1S/C14H15NO3/c16-15(17)10-9-13-5-3-12(4-6-13)7-8-14-2-1-11-18-14/h1-6,11H,7-10H2. The number of hydrogen-bond acceptors (Lipinski definition) is 3. The largest absolute Gasteiger partial charge is 0.469 e. The number of nitrogens with zero attached hydrogens (tertiary/aromatic N) is 1. The van der Waals surface area contributed by atoms with Crippen LogP contribution in [0.5, 0.6) is 0 Å². The molecule has 0 aliphatic carbocycles. The second-order valence-corrected chi connectivity index (χ2v) is 4.20. The predicted molar refractivity (Wildman–Crippen MR) is 68.1 cm³/mol. The second kappa shape index (κ2) is 6.00. The fourth-order valence-corrected chi connectivity index (χ4v) is 1.82. The normalized spacial score (nSPS) is 10.4. The predicted octanol–water partition coefficient (Wildman–Crippen LogP) is 2.88. The average molecular weight is 245 g/mol. The maximum Gasteiger partial charge on any atom is 0.207 e. The van der Waals surface area contributed by atoms with Gasteiger partial charge in [0.25, 0.3) is 0 Å². The van der Waals surface area contributed by atoms with Crippen LogP contribution in [0.15, 0.2) is 47.1 Å². The molecule has 4 nitrogen and oxygen atoms in total. The van der Waals surface area contributed by atoms with Crippen molar-refractivity contribution in [1.29, 1.82) is 0 Å². The highest BCUT2D eigenvalue weighted by Gasteiger charge is 2.01. The van der Waals surface area contributed by atoms with Gasteiger partial charge in [-0.2, -0.15) is 0 Å². The van der Waals surface area contributed by atoms with Gasteiger partial charge in [-0.3, -0.25) is 10.1 Å². The first kappa shape index (κ1) is 12.4. The van der Waals surface area contributed by atoms with Gasteiger partial charge in [0, 0.05) is 17.8 Å². The minimum atomic E-state index is -0.287. The third-order valence-electron chi connectivity index (χ3n) is 2.85. The van der Waals surface area contributed by atoms with Gasteiger partial charge in [-0.05, 0) is 29.7 Å². The van der Waals surface area contributed by atoms with E-state index in [1.54, 1.807) is 6.26 Å². The number of furan rings is 1. The Bertz CT molecular complexity index is 488. The number of aryl methyl sites for hydroxylation is 2. The van der Waals surface area contributed by atoms with Gasteiger partial charge in [0.1, 0.15) is 5.76 Å². The molecule has 1 aromatic heterocycles. The van der Waals surface area contributed by atoms with Crippen molar-refractivity contribution < 1.29 is 9.34 Å². The first-order chi connectivity index (χ1) is 8.74. The molecule has 0 N–H and O–H groups in total. The summed E-state index contributed by atoms with van der Waals surface area (Å²) in [6.07, 6.45) is 3.96. The highest BCUT2D eigenvalue weighted by molar-refractivity contribution is 5.23. The molecule has 2 aromatic rings. The fourth-order valence-electron chi connectivity index (χ4n) is 1.82. The summed E-state index contributed by atoms with van der Waals surface area (Å²) in [6.45, 7) is -0.00819. The molecule has 0 atom stereocenters. The summed E-state index contributed by atoms with van der Waals surface area (Å²) in [5.41, 5.74) is 2.23. The zero-order chi connectivity index (χ0) is 12.8. The van der Waals surface area contributed by atoms with E-state index in [9.17, 15) is 10.1 Å². The summed E-state index contributed by atoms with van der Waals surface area (Å²) in [5.74, 6) is 0.979. The third kappa shape index (κ3) is 3.73. The van der Waals surface area contributed by atoms with Crippen LogP contribution in [0.4, 0.5) is 0 Å². The zero-order valence-corrected chi connectivity index (χ0v) is 10.0. The molecule has 0 fully saturated rings. The van der Waals surface area contributed by atoms with Crippen LogP contribution in [0.1, 0.15) is 16.9 Å². The minimum absolute atomic E-state index is 0.00819. The van der Waals surface area contributed by atoms with Gasteiger partial charge in [0.15, 0.2) is 0 Å². The molecule has 0 amide bonds. The fraction of sp³-hybridized carbons (Fsp3) is 0.286. The molecule has 2 rings (SSSR count). The molecule has 0 saturated carbocycles. The molecule has 18 heavy (non-hydrogen) atoms. The molecular weight excluding hydrogens is 230 g/mol. The van der Waals surface area contributed by atoms with Crippen LogP contribution in [0.25, 0.3) is 0 Å². The molecule has 0 saturated heterocycles. The Kier molecular flexibility index (Phi) is 4.12. The van der Waals surface area contributed by atoms with Gasteiger partial charge in [0.2, 0.25) is 6.54 Å². The van der Waals surface area contributed by atoms with Crippen molar-refractivity contribution in [3.8, 4) is 0 Å². The van der Waals surface area contributed by atoms with Gasteiger partial charge in [0.05, 0.1) is 6.26 Å². The summed E-state index contributed by atoms with van der Waals surface area (Å²) >= 11 is 0. The summed E-state index contributed by atoms with van der Waals surface area (Å²) in [7, 11) is 0. The van der Waals surface area contributed by atoms with E-state index in [1.807, 2.05) is 36.4 Å². The van der Waals surface area contributed by atoms with E-state index in [0.29, 0.717) is 6.42 Å². The van der Waals surface area contributed by atoms with Crippen LogP contribution in [0.2, 0.25) is 0 Å². The molecule has 1 heterocycles. The van der Waals surface area contributed by atoms with Crippen molar-refractivity contribution in [2.24, 2.45) is 0 Å². The van der Waals surface area contributed by atoms with Crippen molar-refractivity contribution in [2.45, 2.75) is 19.3 Å². The van der Waals surface area contributed by atoms with Gasteiger partial charge in [-0.1, -0.05) is 24.3 Å². The minimum Gasteiger partial charge on any atom is -0.469 e. The van der Waals surface area contributed by atoms with Crippen LogP contribution in [-0.4, -0.2) is 11.5 Å². The molecule has 0 spiro atoms. The van der Waals surface area contributed by atoms with Crippen LogP contribution >= 0.6 is 0 Å². The Morgan fingerprint density at radius 2 is 1.67 bits per heavy atom. The zero-order valence-electron chi connectivity index (χ0n) is 10.0. The summed E-state index contributed by atoms with van der Waals surface area (Å²) < 4.78 is 5.27. The maximum absolute atomic E-state index is 10.3. The van der Waals surface area contributed by atoms with E-state index in [2.05, 4.69) is 0 Å². The summed E-state index contributed by atoms with van der Waals surface area (Å²) in [4.78, 5) is 9.98. The van der Waals surface area contributed by atoms with E-state index >= 15 is 0 Å². The quantitative estimate of drug-likeness (QED) is 0.580. The van der Waals surface area contributed by atoms with Crippen LogP contribution in [0, 0.1) is 10.1 Å². The summed E-state index contributed by atoms with van der Waals surface area (Å²) in [6, 6.07) is 11.8. The van der Waals surface area contributed by atoms with E-state index in [-0.39, 0.29) is 11.5 Å². The van der Waals surface area contributed by atoms with Gasteiger partial charge < -0.3 is 4.42 Å². The summed E-state index contributed by atoms with van der Waals surface area (Å²) in [5, 5.41) is 10.3. The first-order valence-electron chi connectivity index (χ1n) is 5.96. The number of benzene rings is 1. The Hall–Kier alpha value is -2.10. The lowest BCUT2D eigenvalue weighted by Gasteiger charge is -2.02. The molecule has 0 radical (unpaired) electrons. The monoisotopic (exact) mass is 245 g/mol. The average Bonchev–Trinajstić information content (AvgIpc) is 2.88. The van der Waals surface area contributed by atoms with Crippen LogP contribution in [-0.2, 0) is 19.3 Å². The number of rotatable bonds is 6. The van der Waals surface area contributed by atoms with Crippen molar-refractivity contribution in [3.63, 3.8) is 0 Å². The van der Waals surface area contributed by atoms with Gasteiger partial charge in [-0.25, -0.2) is 0 Å².